The topological polar surface area (TPSA) is 81.5 Å². The lowest BCUT2D eigenvalue weighted by Crippen LogP contribution is -2.35. The Morgan fingerprint density at radius 1 is 0.914 bits per heavy atom. The number of hydrogen-bond donors (Lipinski definition) is 0. The Balaban J connectivity index is 1.89. The minimum absolute atomic E-state index is 0.0757. The first-order valence-electron chi connectivity index (χ1n) is 12.0. The normalized spacial score (nSPS) is 15.1. The van der Waals surface area contributed by atoms with Crippen LogP contribution in [0, 0.1) is 0 Å². The largest absolute Gasteiger partial charge is 0.494 e. The van der Waals surface area contributed by atoms with Gasteiger partial charge in [-0.2, -0.15) is 0 Å². The van der Waals surface area contributed by atoms with Crippen LogP contribution < -0.4 is 19.6 Å². The molecule has 1 aromatic heterocycles. The first-order valence-corrected chi connectivity index (χ1v) is 12.0. The first kappa shape index (κ1) is 24.6. The lowest BCUT2D eigenvalue weighted by atomic mass is 9.98. The molecule has 1 amide bonds. The van der Waals surface area contributed by atoms with E-state index in [0.29, 0.717) is 66.7 Å². The molecule has 4 rings (SSSR count). The maximum Gasteiger partial charge on any atom is 0.290 e. The maximum atomic E-state index is 13.7. The average molecular weight is 481 g/mol. The molecule has 1 atom stereocenters. The van der Waals surface area contributed by atoms with Crippen LogP contribution in [0.2, 0.25) is 0 Å². The number of nitrogens with zero attached hydrogens (tertiary/aromatic N) is 2. The molecule has 0 N–H and O–H groups in total. The van der Waals surface area contributed by atoms with Crippen LogP contribution in [0.4, 0.5) is 0 Å². The van der Waals surface area contributed by atoms with Crippen LogP contribution in [-0.4, -0.2) is 62.7 Å². The third-order valence-electron chi connectivity index (χ3n) is 5.92. The molecule has 1 unspecified atom stereocenters. The van der Waals surface area contributed by atoms with Gasteiger partial charge < -0.3 is 28.4 Å². The second kappa shape index (κ2) is 10.4. The zero-order valence-electron chi connectivity index (χ0n) is 20.9. The first-order chi connectivity index (χ1) is 16.9. The van der Waals surface area contributed by atoms with Crippen LogP contribution in [0.25, 0.3) is 11.0 Å². The second-order valence-corrected chi connectivity index (χ2v) is 8.54. The van der Waals surface area contributed by atoms with Crippen LogP contribution in [0.15, 0.2) is 45.6 Å². The molecule has 1 aliphatic heterocycles. The third kappa shape index (κ3) is 4.71. The number of ether oxygens (including phenoxy) is 3. The van der Waals surface area contributed by atoms with E-state index in [1.807, 2.05) is 58.0 Å². The van der Waals surface area contributed by atoms with Crippen molar-refractivity contribution in [1.29, 1.82) is 0 Å². The van der Waals surface area contributed by atoms with Crippen LogP contribution in [0.1, 0.15) is 48.5 Å². The molecule has 35 heavy (non-hydrogen) atoms. The number of amides is 1. The highest BCUT2D eigenvalue weighted by molar-refractivity contribution is 5.99. The fourth-order valence-electron chi connectivity index (χ4n) is 4.38. The van der Waals surface area contributed by atoms with Crippen molar-refractivity contribution in [3.63, 3.8) is 0 Å². The Bertz CT molecular complexity index is 1280. The fraction of sp³-hybridized carbons (Fsp3) is 0.407. The fourth-order valence-corrected chi connectivity index (χ4v) is 4.38. The number of hydrogen-bond acceptors (Lipinski definition) is 7. The molecule has 3 aromatic rings. The van der Waals surface area contributed by atoms with E-state index in [1.165, 1.54) is 0 Å². The molecule has 2 heterocycles. The number of rotatable bonds is 10. The molecule has 0 saturated heterocycles. The summed E-state index contributed by atoms with van der Waals surface area (Å²) in [5.41, 5.74) is 1.22. The summed E-state index contributed by atoms with van der Waals surface area (Å²) in [4.78, 5) is 31.0. The van der Waals surface area contributed by atoms with Crippen molar-refractivity contribution in [1.82, 2.24) is 9.80 Å². The quantitative estimate of drug-likeness (QED) is 0.432. The van der Waals surface area contributed by atoms with Gasteiger partial charge >= 0.3 is 0 Å². The Morgan fingerprint density at radius 3 is 2.31 bits per heavy atom. The summed E-state index contributed by atoms with van der Waals surface area (Å²) in [7, 11) is 3.89. The summed E-state index contributed by atoms with van der Waals surface area (Å²) >= 11 is 0. The second-order valence-electron chi connectivity index (χ2n) is 8.54. The third-order valence-corrected chi connectivity index (χ3v) is 5.92. The van der Waals surface area contributed by atoms with E-state index in [0.717, 1.165) is 5.56 Å². The van der Waals surface area contributed by atoms with E-state index in [2.05, 4.69) is 0 Å². The molecule has 0 fully saturated rings. The molecule has 8 nitrogen and oxygen atoms in total. The van der Waals surface area contributed by atoms with Crippen molar-refractivity contribution < 1.29 is 23.4 Å². The van der Waals surface area contributed by atoms with E-state index in [9.17, 15) is 9.59 Å². The maximum absolute atomic E-state index is 13.7. The van der Waals surface area contributed by atoms with Crippen molar-refractivity contribution >= 4 is 16.9 Å². The van der Waals surface area contributed by atoms with E-state index >= 15 is 0 Å². The van der Waals surface area contributed by atoms with Gasteiger partial charge in [0.25, 0.3) is 5.91 Å². The summed E-state index contributed by atoms with van der Waals surface area (Å²) in [6, 6.07) is 10.1. The zero-order chi connectivity index (χ0) is 25.1. The van der Waals surface area contributed by atoms with Crippen molar-refractivity contribution in [3.05, 3.63) is 63.5 Å². The van der Waals surface area contributed by atoms with Crippen LogP contribution in [0.5, 0.6) is 17.2 Å². The monoisotopic (exact) mass is 480 g/mol. The van der Waals surface area contributed by atoms with Gasteiger partial charge in [0, 0.05) is 19.2 Å². The standard InChI is InChI=1S/C27H32N2O6/c1-6-32-18-10-11-19-21(16-18)35-26-23(25(19)30)24(29(27(26)31)14-13-28(4)5)17-9-12-20(33-7-2)22(15-17)34-8-3/h9-12,15-16,24H,6-8,13-14H2,1-5H3. The summed E-state index contributed by atoms with van der Waals surface area (Å²) in [6.07, 6.45) is 0. The summed E-state index contributed by atoms with van der Waals surface area (Å²) in [5.74, 6) is 1.55. The summed E-state index contributed by atoms with van der Waals surface area (Å²) < 4.78 is 23.2. The number of carbonyl (C=O) groups is 1. The molecule has 0 radical (unpaired) electrons. The molecule has 8 heteroatoms. The Morgan fingerprint density at radius 2 is 1.63 bits per heavy atom. The molecule has 0 spiro atoms. The predicted octanol–water partition coefficient (Wildman–Crippen LogP) is 4.10. The lowest BCUT2D eigenvalue weighted by Gasteiger charge is -2.27. The number of carbonyl (C=O) groups excluding carboxylic acids is 1. The van der Waals surface area contributed by atoms with Gasteiger partial charge in [0.1, 0.15) is 11.3 Å². The minimum Gasteiger partial charge on any atom is -0.494 e. The molecule has 186 valence electrons. The Labute approximate surface area is 205 Å². The predicted molar refractivity (Wildman–Crippen MR) is 134 cm³/mol. The highest BCUT2D eigenvalue weighted by Gasteiger charge is 2.42. The number of benzene rings is 2. The van der Waals surface area contributed by atoms with Crippen molar-refractivity contribution in [2.45, 2.75) is 26.8 Å². The van der Waals surface area contributed by atoms with E-state index in [-0.39, 0.29) is 17.1 Å². The minimum atomic E-state index is -0.598. The van der Waals surface area contributed by atoms with Gasteiger partial charge in [0.05, 0.1) is 36.8 Å². The van der Waals surface area contributed by atoms with Gasteiger partial charge in [-0.25, -0.2) is 0 Å². The molecular weight excluding hydrogens is 448 g/mol. The number of fused-ring (bicyclic) bond motifs is 2. The smallest absolute Gasteiger partial charge is 0.290 e. The Hall–Kier alpha value is -3.52. The van der Waals surface area contributed by atoms with Crippen molar-refractivity contribution in [2.24, 2.45) is 0 Å². The summed E-state index contributed by atoms with van der Waals surface area (Å²) in [6.45, 7) is 8.20. The van der Waals surface area contributed by atoms with Crippen LogP contribution in [0.3, 0.4) is 0 Å². The molecular formula is C27H32N2O6. The SMILES string of the molecule is CCOc1ccc2c(=O)c3c(oc2c1)C(=O)N(CCN(C)C)C3c1ccc(OCC)c(OCC)c1. The summed E-state index contributed by atoms with van der Waals surface area (Å²) in [5, 5.41) is 0.412. The van der Waals surface area contributed by atoms with Gasteiger partial charge in [-0.15, -0.1) is 0 Å². The van der Waals surface area contributed by atoms with Crippen molar-refractivity contribution in [2.75, 3.05) is 47.0 Å². The molecule has 0 bridgehead atoms. The van der Waals surface area contributed by atoms with Gasteiger partial charge in [-0.3, -0.25) is 9.59 Å². The van der Waals surface area contributed by atoms with Crippen LogP contribution in [-0.2, 0) is 0 Å². The molecule has 2 aromatic carbocycles. The van der Waals surface area contributed by atoms with Gasteiger partial charge in [-0.1, -0.05) is 6.07 Å². The van der Waals surface area contributed by atoms with E-state index < -0.39 is 6.04 Å². The van der Waals surface area contributed by atoms with E-state index in [1.54, 1.807) is 23.1 Å². The van der Waals surface area contributed by atoms with E-state index in [4.69, 9.17) is 18.6 Å². The molecule has 0 aliphatic carbocycles. The molecule has 1 aliphatic rings. The number of likely N-dealkylation sites (N-methyl/N-ethyl adjacent to an activating group) is 1. The Kier molecular flexibility index (Phi) is 7.31. The average Bonchev–Trinajstić information content (AvgIpc) is 3.11. The zero-order valence-corrected chi connectivity index (χ0v) is 20.9. The van der Waals surface area contributed by atoms with Gasteiger partial charge in [0.15, 0.2) is 16.9 Å². The molecule has 0 saturated carbocycles. The highest BCUT2D eigenvalue weighted by atomic mass is 16.5. The van der Waals surface area contributed by atoms with Crippen molar-refractivity contribution in [3.8, 4) is 17.2 Å². The highest BCUT2D eigenvalue weighted by Crippen LogP contribution is 2.41. The van der Waals surface area contributed by atoms with Crippen LogP contribution >= 0.6 is 0 Å². The van der Waals surface area contributed by atoms with Gasteiger partial charge in [-0.05, 0) is 64.7 Å². The lowest BCUT2D eigenvalue weighted by molar-refractivity contribution is 0.0716. The van der Waals surface area contributed by atoms with Gasteiger partial charge in [0.2, 0.25) is 5.76 Å².